The van der Waals surface area contributed by atoms with Gasteiger partial charge in [0.05, 0.1) is 0 Å². The van der Waals surface area contributed by atoms with Crippen LogP contribution >= 0.6 is 0 Å². The molecule has 2 aliphatic rings. The van der Waals surface area contributed by atoms with Gasteiger partial charge < -0.3 is 10.2 Å². The Morgan fingerprint density at radius 2 is 2.05 bits per heavy atom. The minimum absolute atomic E-state index is 0.0129. The molecule has 1 atom stereocenters. The topological polar surface area (TPSA) is 49.4 Å². The van der Waals surface area contributed by atoms with Crippen molar-refractivity contribution in [1.29, 1.82) is 0 Å². The van der Waals surface area contributed by atoms with E-state index in [9.17, 15) is 9.59 Å². The van der Waals surface area contributed by atoms with Crippen LogP contribution in [-0.4, -0.2) is 34.8 Å². The van der Waals surface area contributed by atoms with Crippen molar-refractivity contribution in [1.82, 2.24) is 10.2 Å². The third-order valence-electron chi connectivity index (χ3n) is 4.30. The Morgan fingerprint density at radius 1 is 1.37 bits per heavy atom. The van der Waals surface area contributed by atoms with E-state index in [0.29, 0.717) is 19.4 Å². The minimum atomic E-state index is -0.643. The molecule has 19 heavy (non-hydrogen) atoms. The molecule has 1 unspecified atom stereocenters. The SMILES string of the molecule is C#CCCN1C(=O)C2(CCCCC2)NC(=O)C1CC. The molecular formula is C15H22N2O2. The fraction of sp³-hybridized carbons (Fsp3) is 0.733. The van der Waals surface area contributed by atoms with Gasteiger partial charge in [-0.3, -0.25) is 9.59 Å². The molecule has 1 aliphatic carbocycles. The zero-order valence-corrected chi connectivity index (χ0v) is 11.6. The summed E-state index contributed by atoms with van der Waals surface area (Å²) in [7, 11) is 0. The number of hydrogen-bond acceptors (Lipinski definition) is 2. The molecule has 0 bridgehead atoms. The standard InChI is InChI=1S/C15H22N2O2/c1-3-5-11-17-12(4-2)13(18)16-15(14(17)19)9-7-6-8-10-15/h1,12H,4-11H2,2H3,(H,16,18). The second kappa shape index (κ2) is 5.64. The van der Waals surface area contributed by atoms with Crippen LogP contribution in [-0.2, 0) is 9.59 Å². The van der Waals surface area contributed by atoms with Gasteiger partial charge in [-0.2, -0.15) is 0 Å². The molecule has 1 N–H and O–H groups in total. The lowest BCUT2D eigenvalue weighted by atomic mass is 9.78. The predicted molar refractivity (Wildman–Crippen MR) is 73.2 cm³/mol. The summed E-state index contributed by atoms with van der Waals surface area (Å²) >= 11 is 0. The third-order valence-corrected chi connectivity index (χ3v) is 4.30. The summed E-state index contributed by atoms with van der Waals surface area (Å²) in [5.41, 5.74) is -0.643. The predicted octanol–water partition coefficient (Wildman–Crippen LogP) is 1.45. The first kappa shape index (κ1) is 13.9. The molecule has 2 rings (SSSR count). The molecule has 2 fully saturated rings. The van der Waals surface area contributed by atoms with E-state index >= 15 is 0 Å². The Bertz CT molecular complexity index is 405. The average molecular weight is 262 g/mol. The molecule has 4 heteroatoms. The van der Waals surface area contributed by atoms with Crippen molar-refractivity contribution in [3.63, 3.8) is 0 Å². The molecule has 4 nitrogen and oxygen atoms in total. The van der Waals surface area contributed by atoms with Gasteiger partial charge in [0.15, 0.2) is 0 Å². The van der Waals surface area contributed by atoms with E-state index in [1.165, 1.54) is 0 Å². The zero-order chi connectivity index (χ0) is 13.9. The van der Waals surface area contributed by atoms with Crippen molar-refractivity contribution >= 4 is 11.8 Å². The molecule has 0 aromatic rings. The van der Waals surface area contributed by atoms with E-state index < -0.39 is 5.54 Å². The highest BCUT2D eigenvalue weighted by Gasteiger charge is 2.50. The number of nitrogens with one attached hydrogen (secondary N) is 1. The van der Waals surface area contributed by atoms with E-state index in [1.807, 2.05) is 6.92 Å². The van der Waals surface area contributed by atoms with Crippen molar-refractivity contribution in [3.05, 3.63) is 0 Å². The summed E-state index contributed by atoms with van der Waals surface area (Å²) in [5, 5.41) is 3.01. The lowest BCUT2D eigenvalue weighted by Gasteiger charge is -2.47. The van der Waals surface area contributed by atoms with Gasteiger partial charge in [-0.15, -0.1) is 12.3 Å². The van der Waals surface area contributed by atoms with Crippen molar-refractivity contribution in [2.75, 3.05) is 6.54 Å². The maximum atomic E-state index is 12.8. The van der Waals surface area contributed by atoms with Crippen LogP contribution < -0.4 is 5.32 Å². The Labute approximate surface area is 114 Å². The van der Waals surface area contributed by atoms with Crippen molar-refractivity contribution in [2.24, 2.45) is 0 Å². The Kier molecular flexibility index (Phi) is 4.14. The Balaban J connectivity index is 2.24. The quantitative estimate of drug-likeness (QED) is 0.783. The number of terminal acetylenes is 1. The molecular weight excluding hydrogens is 240 g/mol. The maximum absolute atomic E-state index is 12.8. The van der Waals surface area contributed by atoms with Crippen LogP contribution in [0.1, 0.15) is 51.9 Å². The molecule has 1 spiro atoms. The molecule has 1 heterocycles. The number of carbonyl (C=O) groups is 2. The van der Waals surface area contributed by atoms with Gasteiger partial charge >= 0.3 is 0 Å². The van der Waals surface area contributed by atoms with Gasteiger partial charge in [0.2, 0.25) is 11.8 Å². The van der Waals surface area contributed by atoms with Gasteiger partial charge in [-0.05, 0) is 19.3 Å². The van der Waals surface area contributed by atoms with Crippen LogP contribution in [0, 0.1) is 12.3 Å². The molecule has 104 valence electrons. The normalized spacial score (nSPS) is 26.1. The molecule has 1 aliphatic heterocycles. The summed E-state index contributed by atoms with van der Waals surface area (Å²) in [6.45, 7) is 2.42. The summed E-state index contributed by atoms with van der Waals surface area (Å²) in [5.74, 6) is 2.63. The van der Waals surface area contributed by atoms with Crippen molar-refractivity contribution in [3.8, 4) is 12.3 Å². The second-order valence-electron chi connectivity index (χ2n) is 5.51. The van der Waals surface area contributed by atoms with Crippen LogP contribution in [0.15, 0.2) is 0 Å². The van der Waals surface area contributed by atoms with E-state index in [4.69, 9.17) is 6.42 Å². The summed E-state index contributed by atoms with van der Waals surface area (Å²) in [6, 6.07) is -0.353. The molecule has 1 saturated carbocycles. The minimum Gasteiger partial charge on any atom is -0.340 e. The second-order valence-corrected chi connectivity index (χ2v) is 5.51. The fourth-order valence-electron chi connectivity index (χ4n) is 3.27. The van der Waals surface area contributed by atoms with Gasteiger partial charge in [0.1, 0.15) is 11.6 Å². The van der Waals surface area contributed by atoms with Crippen LogP contribution in [0.5, 0.6) is 0 Å². The Hall–Kier alpha value is -1.50. The number of carbonyl (C=O) groups excluding carboxylic acids is 2. The van der Waals surface area contributed by atoms with Crippen LogP contribution in [0.2, 0.25) is 0 Å². The molecule has 0 aromatic carbocycles. The maximum Gasteiger partial charge on any atom is 0.249 e. The lowest BCUT2D eigenvalue weighted by Crippen LogP contribution is -2.70. The number of hydrogen-bond donors (Lipinski definition) is 1. The van der Waals surface area contributed by atoms with Gasteiger partial charge in [-0.25, -0.2) is 0 Å². The van der Waals surface area contributed by atoms with Crippen LogP contribution in [0.3, 0.4) is 0 Å². The van der Waals surface area contributed by atoms with E-state index in [2.05, 4.69) is 11.2 Å². The molecule has 0 aromatic heterocycles. The van der Waals surface area contributed by atoms with E-state index in [-0.39, 0.29) is 17.9 Å². The van der Waals surface area contributed by atoms with Crippen molar-refractivity contribution in [2.45, 2.75) is 63.5 Å². The zero-order valence-electron chi connectivity index (χ0n) is 11.6. The van der Waals surface area contributed by atoms with Gasteiger partial charge in [0.25, 0.3) is 0 Å². The molecule has 2 amide bonds. The highest BCUT2D eigenvalue weighted by atomic mass is 16.2. The first-order valence-corrected chi connectivity index (χ1v) is 7.21. The highest BCUT2D eigenvalue weighted by Crippen LogP contribution is 2.33. The summed E-state index contributed by atoms with van der Waals surface area (Å²) in [6.07, 6.45) is 11.1. The number of amides is 2. The van der Waals surface area contributed by atoms with Crippen LogP contribution in [0.25, 0.3) is 0 Å². The monoisotopic (exact) mass is 262 g/mol. The summed E-state index contributed by atoms with van der Waals surface area (Å²) in [4.78, 5) is 26.7. The van der Waals surface area contributed by atoms with Crippen molar-refractivity contribution < 1.29 is 9.59 Å². The molecule has 0 radical (unpaired) electrons. The summed E-state index contributed by atoms with van der Waals surface area (Å²) < 4.78 is 0. The van der Waals surface area contributed by atoms with E-state index in [0.717, 1.165) is 32.1 Å². The van der Waals surface area contributed by atoms with Gasteiger partial charge in [-0.1, -0.05) is 26.2 Å². The first-order chi connectivity index (χ1) is 9.14. The largest absolute Gasteiger partial charge is 0.340 e. The van der Waals surface area contributed by atoms with E-state index in [1.54, 1.807) is 4.90 Å². The lowest BCUT2D eigenvalue weighted by molar-refractivity contribution is -0.156. The number of nitrogens with zero attached hydrogens (tertiary/aromatic N) is 1. The average Bonchev–Trinajstić information content (AvgIpc) is 2.42. The Morgan fingerprint density at radius 3 is 2.63 bits per heavy atom. The number of piperazine rings is 1. The van der Waals surface area contributed by atoms with Gasteiger partial charge in [0, 0.05) is 13.0 Å². The fourth-order valence-corrected chi connectivity index (χ4v) is 3.27. The molecule has 1 saturated heterocycles. The number of rotatable bonds is 3. The first-order valence-electron chi connectivity index (χ1n) is 7.21. The third kappa shape index (κ3) is 2.47. The highest BCUT2D eigenvalue weighted by molar-refractivity contribution is 5.99. The smallest absolute Gasteiger partial charge is 0.249 e. The van der Waals surface area contributed by atoms with Crippen LogP contribution in [0.4, 0.5) is 0 Å².